The Labute approximate surface area is 224 Å². The molecule has 1 aliphatic heterocycles. The Morgan fingerprint density at radius 1 is 1.14 bits per heavy atom. The first-order valence-electron chi connectivity index (χ1n) is 12.5. The van der Waals surface area contributed by atoms with Crippen molar-refractivity contribution < 1.29 is 4.39 Å². The molecule has 0 radical (unpaired) electrons. The molecule has 1 fully saturated rings. The molecule has 9 heteroatoms. The molecule has 37 heavy (non-hydrogen) atoms. The molecule has 6 nitrogen and oxygen atoms in total. The number of aryl methyl sites for hydroxylation is 1. The molecule has 0 bridgehead atoms. The SMILES string of the molecule is CCC1(C)CCN(c2cnc(Sc3ccc4nc(C)n(Cc5cccc(F)c5)c(=O)c4c3Cl)cn2)CC1. The number of hydrogen-bond donors (Lipinski definition) is 0. The van der Waals surface area contributed by atoms with E-state index in [0.29, 0.717) is 42.6 Å². The fourth-order valence-corrected chi connectivity index (χ4v) is 5.83. The summed E-state index contributed by atoms with van der Waals surface area (Å²) in [5.41, 5.74) is 1.36. The lowest BCUT2D eigenvalue weighted by Crippen LogP contribution is -2.38. The minimum absolute atomic E-state index is 0.208. The molecule has 0 amide bonds. The lowest BCUT2D eigenvalue weighted by molar-refractivity contribution is 0.237. The number of rotatable bonds is 6. The van der Waals surface area contributed by atoms with Gasteiger partial charge in [-0.1, -0.05) is 55.8 Å². The largest absolute Gasteiger partial charge is 0.355 e. The molecule has 0 N–H and O–H groups in total. The number of hydrogen-bond acceptors (Lipinski definition) is 6. The van der Waals surface area contributed by atoms with Gasteiger partial charge in [0.05, 0.1) is 34.9 Å². The normalized spacial score (nSPS) is 15.3. The van der Waals surface area contributed by atoms with Crippen molar-refractivity contribution in [3.05, 3.63) is 81.4 Å². The summed E-state index contributed by atoms with van der Waals surface area (Å²) in [5.74, 6) is 1.07. The first-order valence-corrected chi connectivity index (χ1v) is 13.6. The van der Waals surface area contributed by atoms with Crippen LogP contribution in [-0.4, -0.2) is 32.6 Å². The summed E-state index contributed by atoms with van der Waals surface area (Å²) in [6.45, 7) is 8.55. The zero-order chi connectivity index (χ0) is 26.2. The van der Waals surface area contributed by atoms with Gasteiger partial charge in [0.1, 0.15) is 22.5 Å². The van der Waals surface area contributed by atoms with Gasteiger partial charge in [-0.25, -0.2) is 19.3 Å². The predicted octanol–water partition coefficient (Wildman–Crippen LogP) is 6.50. The summed E-state index contributed by atoms with van der Waals surface area (Å²) in [7, 11) is 0. The topological polar surface area (TPSA) is 63.9 Å². The molecule has 1 saturated heterocycles. The van der Waals surface area contributed by atoms with Crippen LogP contribution < -0.4 is 10.5 Å². The summed E-state index contributed by atoms with van der Waals surface area (Å²) < 4.78 is 15.2. The van der Waals surface area contributed by atoms with Crippen molar-refractivity contribution in [3.63, 3.8) is 0 Å². The fraction of sp³-hybridized carbons (Fsp3) is 0.357. The molecule has 0 atom stereocenters. The van der Waals surface area contributed by atoms with E-state index < -0.39 is 0 Å². The van der Waals surface area contributed by atoms with E-state index in [9.17, 15) is 9.18 Å². The number of nitrogens with zero attached hydrogens (tertiary/aromatic N) is 5. The molecule has 0 aliphatic carbocycles. The molecular formula is C28H29ClFN5OS. The third kappa shape index (κ3) is 5.36. The van der Waals surface area contributed by atoms with E-state index in [1.54, 1.807) is 31.3 Å². The smallest absolute Gasteiger partial charge is 0.263 e. The van der Waals surface area contributed by atoms with E-state index in [-0.39, 0.29) is 17.9 Å². The van der Waals surface area contributed by atoms with Crippen molar-refractivity contribution in [3.8, 4) is 0 Å². The van der Waals surface area contributed by atoms with Gasteiger partial charge < -0.3 is 4.90 Å². The summed E-state index contributed by atoms with van der Waals surface area (Å²) in [5, 5.41) is 1.36. The Morgan fingerprint density at radius 3 is 2.59 bits per heavy atom. The van der Waals surface area contributed by atoms with E-state index in [1.807, 2.05) is 12.3 Å². The van der Waals surface area contributed by atoms with E-state index in [4.69, 9.17) is 11.6 Å². The highest BCUT2D eigenvalue weighted by atomic mass is 35.5. The standard InChI is InChI=1S/C28H29ClFN5OS/c1-4-28(3)10-12-34(13-11-28)23-15-32-24(16-31-23)37-22-9-8-21-25(26(22)29)27(36)35(18(2)33-21)17-19-6-5-7-20(30)14-19/h5-9,14-16H,4,10-13,17H2,1-3H3. The molecule has 2 aromatic heterocycles. The molecule has 4 aromatic rings. The van der Waals surface area contributed by atoms with Crippen molar-refractivity contribution in [2.24, 2.45) is 5.41 Å². The van der Waals surface area contributed by atoms with Gasteiger partial charge in [0.2, 0.25) is 0 Å². The van der Waals surface area contributed by atoms with E-state index in [1.165, 1.54) is 34.9 Å². The maximum atomic E-state index is 13.7. The Hall–Kier alpha value is -2.97. The Kier molecular flexibility index (Phi) is 7.23. The third-order valence-corrected chi connectivity index (χ3v) is 8.91. The molecule has 3 heterocycles. The maximum absolute atomic E-state index is 13.7. The second-order valence-electron chi connectivity index (χ2n) is 9.92. The van der Waals surface area contributed by atoms with Crippen molar-refractivity contribution in [1.29, 1.82) is 0 Å². The third-order valence-electron chi connectivity index (χ3n) is 7.42. The highest BCUT2D eigenvalue weighted by Crippen LogP contribution is 2.37. The van der Waals surface area contributed by atoms with Gasteiger partial charge in [-0.3, -0.25) is 9.36 Å². The minimum Gasteiger partial charge on any atom is -0.355 e. The van der Waals surface area contributed by atoms with Crippen LogP contribution in [0.5, 0.6) is 0 Å². The minimum atomic E-state index is -0.347. The quantitative estimate of drug-likeness (QED) is 0.279. The molecular weight excluding hydrogens is 509 g/mol. The van der Waals surface area contributed by atoms with Gasteiger partial charge in [0, 0.05) is 18.0 Å². The molecule has 5 rings (SSSR count). The first-order chi connectivity index (χ1) is 17.8. The number of piperidine rings is 1. The molecule has 0 spiro atoms. The number of benzene rings is 2. The van der Waals surface area contributed by atoms with Gasteiger partial charge in [0.25, 0.3) is 5.56 Å². The summed E-state index contributed by atoms with van der Waals surface area (Å²) in [6.07, 6.45) is 7.06. The van der Waals surface area contributed by atoms with Gasteiger partial charge in [0.15, 0.2) is 0 Å². The summed E-state index contributed by atoms with van der Waals surface area (Å²) >= 11 is 8.12. The van der Waals surface area contributed by atoms with Gasteiger partial charge in [-0.2, -0.15) is 0 Å². The summed E-state index contributed by atoms with van der Waals surface area (Å²) in [4.78, 5) is 30.3. The molecule has 2 aromatic carbocycles. The first kappa shape index (κ1) is 25.7. The van der Waals surface area contributed by atoms with Gasteiger partial charge >= 0.3 is 0 Å². The number of fused-ring (bicyclic) bond motifs is 1. The number of anilines is 1. The molecule has 192 valence electrons. The van der Waals surface area contributed by atoms with Crippen molar-refractivity contribution in [1.82, 2.24) is 19.5 Å². The zero-order valence-corrected chi connectivity index (χ0v) is 22.7. The monoisotopic (exact) mass is 537 g/mol. The van der Waals surface area contributed by atoms with Crippen molar-refractivity contribution >= 4 is 40.1 Å². The molecule has 0 saturated carbocycles. The zero-order valence-electron chi connectivity index (χ0n) is 21.2. The van der Waals surface area contributed by atoms with E-state index >= 15 is 0 Å². The van der Waals surface area contributed by atoms with Crippen LogP contribution in [0.3, 0.4) is 0 Å². The Morgan fingerprint density at radius 2 is 1.92 bits per heavy atom. The van der Waals surface area contributed by atoms with Crippen LogP contribution in [0, 0.1) is 18.2 Å². The molecule has 0 unspecified atom stereocenters. The maximum Gasteiger partial charge on any atom is 0.263 e. The van der Waals surface area contributed by atoms with Crippen LogP contribution in [0.1, 0.15) is 44.5 Å². The molecule has 1 aliphatic rings. The van der Waals surface area contributed by atoms with Crippen LogP contribution in [0.4, 0.5) is 10.2 Å². The lowest BCUT2D eigenvalue weighted by atomic mass is 9.78. The average molecular weight is 538 g/mol. The average Bonchev–Trinajstić information content (AvgIpc) is 2.89. The summed E-state index contributed by atoms with van der Waals surface area (Å²) in [6, 6.07) is 9.85. The predicted molar refractivity (Wildman–Crippen MR) is 147 cm³/mol. The highest BCUT2D eigenvalue weighted by molar-refractivity contribution is 7.99. The van der Waals surface area contributed by atoms with Gasteiger partial charge in [-0.15, -0.1) is 0 Å². The van der Waals surface area contributed by atoms with Crippen LogP contribution in [-0.2, 0) is 6.54 Å². The van der Waals surface area contributed by atoms with Crippen LogP contribution in [0.2, 0.25) is 5.02 Å². The van der Waals surface area contributed by atoms with Crippen molar-refractivity contribution in [2.45, 2.75) is 56.5 Å². The Bertz CT molecular complexity index is 1500. The van der Waals surface area contributed by atoms with E-state index in [0.717, 1.165) is 31.7 Å². The fourth-order valence-electron chi connectivity index (χ4n) is 4.71. The Balaban J connectivity index is 1.39. The second-order valence-corrected chi connectivity index (χ2v) is 11.4. The van der Waals surface area contributed by atoms with Crippen LogP contribution in [0.25, 0.3) is 10.9 Å². The lowest BCUT2D eigenvalue weighted by Gasteiger charge is -2.39. The van der Waals surface area contributed by atoms with E-state index in [2.05, 4.69) is 33.7 Å². The van der Waals surface area contributed by atoms with Crippen molar-refractivity contribution in [2.75, 3.05) is 18.0 Å². The second kappa shape index (κ2) is 10.4. The van der Waals surface area contributed by atoms with Gasteiger partial charge in [-0.05, 0) is 55.0 Å². The number of aromatic nitrogens is 4. The highest BCUT2D eigenvalue weighted by Gasteiger charge is 2.28. The van der Waals surface area contributed by atoms with Crippen LogP contribution in [0.15, 0.2) is 63.5 Å². The van der Waals surface area contributed by atoms with Crippen LogP contribution >= 0.6 is 23.4 Å². The number of halogens is 2.